The van der Waals surface area contributed by atoms with Crippen LogP contribution in [0.25, 0.3) is 17.0 Å². The molecular weight excluding hydrogens is 320 g/mol. The van der Waals surface area contributed by atoms with Crippen molar-refractivity contribution in [2.45, 2.75) is 20.3 Å². The van der Waals surface area contributed by atoms with Gasteiger partial charge < -0.3 is 4.98 Å². The van der Waals surface area contributed by atoms with Crippen LogP contribution in [0.4, 0.5) is 0 Å². The Morgan fingerprint density at radius 2 is 2.10 bits per heavy atom. The van der Waals surface area contributed by atoms with Crippen LogP contribution < -0.4 is 5.56 Å². The quantitative estimate of drug-likeness (QED) is 0.773. The van der Waals surface area contributed by atoms with Crippen molar-refractivity contribution in [1.29, 1.82) is 0 Å². The minimum atomic E-state index is -0.125. The van der Waals surface area contributed by atoms with Crippen LogP contribution in [0.15, 0.2) is 33.5 Å². The van der Waals surface area contributed by atoms with Crippen molar-refractivity contribution in [1.82, 2.24) is 19.7 Å². The Hall–Kier alpha value is -1.82. The predicted octanol–water partition coefficient (Wildman–Crippen LogP) is 3.00. The molecule has 20 heavy (non-hydrogen) atoms. The van der Waals surface area contributed by atoms with Crippen LogP contribution >= 0.6 is 15.9 Å². The molecule has 5 nitrogen and oxygen atoms in total. The largest absolute Gasteiger partial charge is 0.322 e. The average molecular weight is 335 g/mol. The molecule has 0 spiro atoms. The number of hydrogen-bond donors (Lipinski definition) is 2. The summed E-state index contributed by atoms with van der Waals surface area (Å²) in [6, 6.07) is 7.70. The number of aromatic amines is 2. The Morgan fingerprint density at radius 3 is 2.80 bits per heavy atom. The number of hydrogen-bond acceptors (Lipinski definition) is 2. The minimum Gasteiger partial charge on any atom is -0.322 e. The predicted molar refractivity (Wildman–Crippen MR) is 82.3 cm³/mol. The lowest BCUT2D eigenvalue weighted by atomic mass is 10.1. The molecule has 2 N–H and O–H groups in total. The van der Waals surface area contributed by atoms with Gasteiger partial charge in [0, 0.05) is 0 Å². The molecule has 6 heteroatoms. The van der Waals surface area contributed by atoms with E-state index in [1.165, 1.54) is 4.68 Å². The van der Waals surface area contributed by atoms with E-state index in [-0.39, 0.29) is 5.56 Å². The third kappa shape index (κ3) is 2.20. The van der Waals surface area contributed by atoms with Gasteiger partial charge in [-0.3, -0.25) is 9.89 Å². The van der Waals surface area contributed by atoms with Crippen molar-refractivity contribution in [2.75, 3.05) is 0 Å². The summed E-state index contributed by atoms with van der Waals surface area (Å²) in [7, 11) is 0. The normalized spacial score (nSPS) is 11.6. The van der Waals surface area contributed by atoms with Crippen molar-refractivity contribution in [3.05, 3.63) is 44.8 Å². The number of rotatable bonds is 3. The van der Waals surface area contributed by atoms with Crippen LogP contribution in [0.2, 0.25) is 0 Å². The highest BCUT2D eigenvalue weighted by Crippen LogP contribution is 2.17. The zero-order chi connectivity index (χ0) is 14.3. The van der Waals surface area contributed by atoms with Gasteiger partial charge in [-0.25, -0.2) is 4.98 Å². The molecule has 0 radical (unpaired) electrons. The summed E-state index contributed by atoms with van der Waals surface area (Å²) in [5.41, 5.74) is 2.52. The third-order valence-electron chi connectivity index (χ3n) is 3.10. The molecular formula is C14H15BrN4O. The van der Waals surface area contributed by atoms with Gasteiger partial charge in [0.15, 0.2) is 0 Å². The van der Waals surface area contributed by atoms with E-state index in [0.717, 1.165) is 23.1 Å². The Labute approximate surface area is 124 Å². The third-order valence-corrected chi connectivity index (χ3v) is 3.92. The molecule has 3 aromatic rings. The molecule has 0 aliphatic carbocycles. The molecule has 0 unspecified atom stereocenters. The smallest absolute Gasteiger partial charge is 0.288 e. The van der Waals surface area contributed by atoms with Gasteiger partial charge in [-0.05, 0) is 40.4 Å². The first-order valence-corrected chi connectivity index (χ1v) is 7.30. The second kappa shape index (κ2) is 4.94. The molecule has 3 rings (SSSR count). The van der Waals surface area contributed by atoms with E-state index in [1.54, 1.807) is 0 Å². The van der Waals surface area contributed by atoms with E-state index in [9.17, 15) is 4.79 Å². The van der Waals surface area contributed by atoms with Crippen molar-refractivity contribution < 1.29 is 0 Å². The van der Waals surface area contributed by atoms with Gasteiger partial charge in [0.05, 0.1) is 16.7 Å². The number of fused-ring (bicyclic) bond motifs is 1. The molecule has 2 aromatic heterocycles. The summed E-state index contributed by atoms with van der Waals surface area (Å²) in [5.74, 6) is 0.973. The van der Waals surface area contributed by atoms with E-state index in [2.05, 4.69) is 44.8 Å². The zero-order valence-electron chi connectivity index (χ0n) is 11.3. The first kappa shape index (κ1) is 13.2. The van der Waals surface area contributed by atoms with Crippen LogP contribution in [0, 0.1) is 5.92 Å². The SMILES string of the molecule is CC(C)Cc1[nH]n(-c2nc3ccccc3[nH]2)c(=O)c1Br. The standard InChI is InChI=1S/C14H15BrN4O/c1-8(2)7-11-12(15)13(20)19(18-11)14-16-9-5-3-4-6-10(9)17-14/h3-6,8,18H,7H2,1-2H3,(H,16,17). The van der Waals surface area contributed by atoms with Gasteiger partial charge >= 0.3 is 0 Å². The number of imidazole rings is 1. The van der Waals surface area contributed by atoms with Crippen LogP contribution in [0.5, 0.6) is 0 Å². The molecule has 0 saturated carbocycles. The summed E-state index contributed by atoms with van der Waals surface area (Å²) in [4.78, 5) is 19.9. The molecule has 0 aliphatic heterocycles. The molecule has 0 amide bonds. The molecule has 0 aliphatic rings. The summed E-state index contributed by atoms with van der Waals surface area (Å²) in [6.45, 7) is 4.23. The highest BCUT2D eigenvalue weighted by Gasteiger charge is 2.15. The Bertz CT molecular complexity index is 779. The number of nitrogens with one attached hydrogen (secondary N) is 2. The molecule has 2 heterocycles. The van der Waals surface area contributed by atoms with Crippen LogP contribution in [-0.4, -0.2) is 19.7 Å². The Morgan fingerprint density at radius 1 is 1.35 bits per heavy atom. The van der Waals surface area contributed by atoms with E-state index >= 15 is 0 Å². The first-order valence-electron chi connectivity index (χ1n) is 6.50. The van der Waals surface area contributed by atoms with E-state index in [1.807, 2.05) is 24.3 Å². The number of halogens is 1. The van der Waals surface area contributed by atoms with E-state index < -0.39 is 0 Å². The highest BCUT2D eigenvalue weighted by molar-refractivity contribution is 9.10. The van der Waals surface area contributed by atoms with Crippen molar-refractivity contribution >= 4 is 27.0 Å². The average Bonchev–Trinajstić information content (AvgIpc) is 2.94. The maximum atomic E-state index is 12.3. The molecule has 0 saturated heterocycles. The highest BCUT2D eigenvalue weighted by atomic mass is 79.9. The Kier molecular flexibility index (Phi) is 3.25. The van der Waals surface area contributed by atoms with E-state index in [0.29, 0.717) is 16.3 Å². The molecule has 0 bridgehead atoms. The number of aromatic nitrogens is 4. The number of nitrogens with zero attached hydrogens (tertiary/aromatic N) is 2. The fourth-order valence-electron chi connectivity index (χ4n) is 2.20. The van der Waals surface area contributed by atoms with Crippen molar-refractivity contribution in [2.24, 2.45) is 5.92 Å². The molecule has 1 aromatic carbocycles. The summed E-state index contributed by atoms with van der Waals surface area (Å²) >= 11 is 3.36. The van der Waals surface area contributed by atoms with Crippen molar-refractivity contribution in [3.8, 4) is 5.95 Å². The summed E-state index contributed by atoms with van der Waals surface area (Å²) < 4.78 is 2.02. The molecule has 0 atom stereocenters. The van der Waals surface area contributed by atoms with E-state index in [4.69, 9.17) is 0 Å². The van der Waals surface area contributed by atoms with Crippen molar-refractivity contribution in [3.63, 3.8) is 0 Å². The minimum absolute atomic E-state index is 0.125. The van der Waals surface area contributed by atoms with Gasteiger partial charge in [0.25, 0.3) is 5.56 Å². The lowest BCUT2D eigenvalue weighted by Crippen LogP contribution is -2.15. The van der Waals surface area contributed by atoms with Crippen LogP contribution in [0.3, 0.4) is 0 Å². The fourth-order valence-corrected chi connectivity index (χ4v) is 2.63. The zero-order valence-corrected chi connectivity index (χ0v) is 12.9. The first-order chi connectivity index (χ1) is 9.56. The maximum absolute atomic E-state index is 12.3. The lowest BCUT2D eigenvalue weighted by Gasteiger charge is -2.01. The Balaban J connectivity index is 2.12. The maximum Gasteiger partial charge on any atom is 0.288 e. The fraction of sp³-hybridized carbons (Fsp3) is 0.286. The van der Waals surface area contributed by atoms with Gasteiger partial charge in [-0.15, -0.1) is 0 Å². The van der Waals surface area contributed by atoms with Crippen LogP contribution in [0.1, 0.15) is 19.5 Å². The second-order valence-corrected chi connectivity index (χ2v) is 6.01. The van der Waals surface area contributed by atoms with Gasteiger partial charge in [0.1, 0.15) is 4.47 Å². The summed E-state index contributed by atoms with van der Waals surface area (Å²) in [5, 5.41) is 3.12. The monoisotopic (exact) mass is 334 g/mol. The molecule has 0 fully saturated rings. The topological polar surface area (TPSA) is 66.5 Å². The van der Waals surface area contributed by atoms with Crippen LogP contribution in [-0.2, 0) is 6.42 Å². The number of para-hydroxylation sites is 2. The van der Waals surface area contributed by atoms with Gasteiger partial charge in [-0.1, -0.05) is 26.0 Å². The number of H-pyrrole nitrogens is 2. The number of benzene rings is 1. The summed E-state index contributed by atoms with van der Waals surface area (Å²) in [6.07, 6.45) is 0.809. The van der Waals surface area contributed by atoms with Gasteiger partial charge in [-0.2, -0.15) is 4.68 Å². The van der Waals surface area contributed by atoms with Gasteiger partial charge in [0.2, 0.25) is 5.95 Å². The lowest BCUT2D eigenvalue weighted by molar-refractivity contribution is 0.624. The second-order valence-electron chi connectivity index (χ2n) is 5.22. The molecule has 104 valence electrons.